The number of nitro benzene ring substituents is 1. The number of nitro groups is 1. The van der Waals surface area contributed by atoms with Crippen molar-refractivity contribution in [1.82, 2.24) is 0 Å². The molecule has 0 heterocycles. The first kappa shape index (κ1) is 14.8. The van der Waals surface area contributed by atoms with Gasteiger partial charge in [-0.15, -0.1) is 0 Å². The van der Waals surface area contributed by atoms with Gasteiger partial charge in [0.1, 0.15) is 5.69 Å². The van der Waals surface area contributed by atoms with E-state index >= 15 is 0 Å². The van der Waals surface area contributed by atoms with Gasteiger partial charge in [-0.05, 0) is 24.3 Å². The molecule has 0 aliphatic rings. The van der Waals surface area contributed by atoms with E-state index in [9.17, 15) is 18.5 Å². The predicted octanol–water partition coefficient (Wildman–Crippen LogP) is 2.00. The van der Waals surface area contributed by atoms with Crippen molar-refractivity contribution >= 4 is 27.1 Å². The lowest BCUT2D eigenvalue weighted by Gasteiger charge is -2.19. The first-order valence-corrected chi connectivity index (χ1v) is 7.36. The van der Waals surface area contributed by atoms with Crippen LogP contribution in [0.4, 0.5) is 17.1 Å². The van der Waals surface area contributed by atoms with Gasteiger partial charge in [-0.3, -0.25) is 14.4 Å². The monoisotopic (exact) mass is 307 g/mol. The minimum absolute atomic E-state index is 0.0821. The number of para-hydroxylation sites is 1. The summed E-state index contributed by atoms with van der Waals surface area (Å²) in [6, 6.07) is 11.8. The molecule has 0 unspecified atom stereocenters. The molecule has 2 N–H and O–H groups in total. The Balaban J connectivity index is 2.50. The minimum Gasteiger partial charge on any atom is -0.393 e. The molecule has 0 aromatic heterocycles. The van der Waals surface area contributed by atoms with Crippen LogP contribution in [0.15, 0.2) is 53.4 Å². The Morgan fingerprint density at radius 2 is 1.76 bits per heavy atom. The van der Waals surface area contributed by atoms with Crippen molar-refractivity contribution in [3.8, 4) is 0 Å². The van der Waals surface area contributed by atoms with Crippen molar-refractivity contribution in [3.63, 3.8) is 0 Å². The topological polar surface area (TPSA) is 107 Å². The summed E-state index contributed by atoms with van der Waals surface area (Å²) < 4.78 is 26.0. The summed E-state index contributed by atoms with van der Waals surface area (Å²) in [4.78, 5) is 9.96. The highest BCUT2D eigenvalue weighted by molar-refractivity contribution is 7.92. The maximum atomic E-state index is 12.5. The number of anilines is 2. The van der Waals surface area contributed by atoms with Crippen LogP contribution < -0.4 is 10.0 Å². The zero-order valence-electron chi connectivity index (χ0n) is 11.1. The predicted molar refractivity (Wildman–Crippen MR) is 79.5 cm³/mol. The van der Waals surface area contributed by atoms with Crippen molar-refractivity contribution in [3.05, 3.63) is 58.6 Å². The summed E-state index contributed by atoms with van der Waals surface area (Å²) >= 11 is 0. The lowest BCUT2D eigenvalue weighted by Crippen LogP contribution is -2.26. The Morgan fingerprint density at radius 1 is 1.14 bits per heavy atom. The molecule has 0 aliphatic heterocycles. The van der Waals surface area contributed by atoms with E-state index in [0.29, 0.717) is 5.69 Å². The van der Waals surface area contributed by atoms with Gasteiger partial charge in [0.05, 0.1) is 15.5 Å². The molecule has 7 nitrogen and oxygen atoms in total. The number of nitrogen functional groups attached to an aromatic ring is 1. The van der Waals surface area contributed by atoms with Crippen LogP contribution in [0.2, 0.25) is 0 Å². The molecule has 0 saturated carbocycles. The fourth-order valence-electron chi connectivity index (χ4n) is 1.78. The zero-order chi connectivity index (χ0) is 15.6. The first-order chi connectivity index (χ1) is 9.84. The van der Waals surface area contributed by atoms with Gasteiger partial charge >= 0.3 is 0 Å². The summed E-state index contributed by atoms with van der Waals surface area (Å²) in [7, 11) is -2.51. The van der Waals surface area contributed by atoms with Crippen LogP contribution in [0, 0.1) is 10.1 Å². The highest BCUT2D eigenvalue weighted by atomic mass is 32.2. The Hall–Kier alpha value is -2.61. The van der Waals surface area contributed by atoms with Gasteiger partial charge in [0.25, 0.3) is 15.7 Å². The third-order valence-electron chi connectivity index (χ3n) is 2.98. The van der Waals surface area contributed by atoms with Crippen LogP contribution in [0.25, 0.3) is 0 Å². The summed E-state index contributed by atoms with van der Waals surface area (Å²) in [5.41, 5.74) is 5.41. The number of hydrogen-bond acceptors (Lipinski definition) is 5. The van der Waals surface area contributed by atoms with Gasteiger partial charge in [0.2, 0.25) is 0 Å². The van der Waals surface area contributed by atoms with Gasteiger partial charge in [0, 0.05) is 13.1 Å². The fourth-order valence-corrected chi connectivity index (χ4v) is 2.99. The van der Waals surface area contributed by atoms with Gasteiger partial charge in [-0.25, -0.2) is 8.42 Å². The normalized spacial score (nSPS) is 11.1. The molecule has 2 aromatic carbocycles. The molecular weight excluding hydrogens is 294 g/mol. The molecule has 0 bridgehead atoms. The maximum absolute atomic E-state index is 12.5. The number of nitrogens with two attached hydrogens (primary N) is 1. The summed E-state index contributed by atoms with van der Waals surface area (Å²) in [6.07, 6.45) is 0. The molecule has 21 heavy (non-hydrogen) atoms. The second-order valence-electron chi connectivity index (χ2n) is 4.29. The fraction of sp³-hybridized carbons (Fsp3) is 0.0769. The quantitative estimate of drug-likeness (QED) is 0.528. The van der Waals surface area contributed by atoms with E-state index in [4.69, 9.17) is 5.73 Å². The smallest absolute Gasteiger partial charge is 0.293 e. The van der Waals surface area contributed by atoms with E-state index in [1.165, 1.54) is 19.2 Å². The van der Waals surface area contributed by atoms with Gasteiger partial charge < -0.3 is 5.73 Å². The number of benzene rings is 2. The number of hydrogen-bond donors (Lipinski definition) is 1. The van der Waals surface area contributed by atoms with Gasteiger partial charge in [-0.1, -0.05) is 18.2 Å². The van der Waals surface area contributed by atoms with Crippen LogP contribution in [0.5, 0.6) is 0 Å². The van der Waals surface area contributed by atoms with Crippen molar-refractivity contribution < 1.29 is 13.3 Å². The van der Waals surface area contributed by atoms with Crippen LogP contribution in [-0.4, -0.2) is 20.4 Å². The minimum atomic E-state index is -3.89. The van der Waals surface area contributed by atoms with Crippen LogP contribution in [-0.2, 0) is 10.0 Å². The molecule has 0 atom stereocenters. The third kappa shape index (κ3) is 2.79. The van der Waals surface area contributed by atoms with Crippen LogP contribution in [0.1, 0.15) is 0 Å². The second kappa shape index (κ2) is 5.41. The van der Waals surface area contributed by atoms with Gasteiger partial charge in [-0.2, -0.15) is 0 Å². The van der Waals surface area contributed by atoms with E-state index in [-0.39, 0.29) is 10.6 Å². The molecule has 0 saturated heterocycles. The molecule has 2 aromatic rings. The average Bonchev–Trinajstić information content (AvgIpc) is 2.47. The van der Waals surface area contributed by atoms with Crippen molar-refractivity contribution in [2.75, 3.05) is 17.1 Å². The zero-order valence-corrected chi connectivity index (χ0v) is 11.9. The van der Waals surface area contributed by atoms with Crippen LogP contribution >= 0.6 is 0 Å². The summed E-state index contributed by atoms with van der Waals surface area (Å²) in [5, 5.41) is 10.9. The Labute approximate surface area is 121 Å². The second-order valence-corrected chi connectivity index (χ2v) is 6.26. The molecule has 110 valence electrons. The standard InChI is InChI=1S/C13H13N3O4S/c1-15(10-5-3-2-4-6-10)21(19,20)11-7-8-12(14)13(9-11)16(17)18/h2-9H,14H2,1H3. The van der Waals surface area contributed by atoms with Crippen molar-refractivity contribution in [1.29, 1.82) is 0 Å². The van der Waals surface area contributed by atoms with E-state index < -0.39 is 20.6 Å². The van der Waals surface area contributed by atoms with Gasteiger partial charge in [0.15, 0.2) is 0 Å². The van der Waals surface area contributed by atoms with E-state index in [2.05, 4.69) is 0 Å². The molecule has 0 radical (unpaired) electrons. The summed E-state index contributed by atoms with van der Waals surface area (Å²) in [5.74, 6) is 0. The Kier molecular flexibility index (Phi) is 3.81. The highest BCUT2D eigenvalue weighted by Gasteiger charge is 2.24. The first-order valence-electron chi connectivity index (χ1n) is 5.92. The maximum Gasteiger partial charge on any atom is 0.293 e. The number of sulfonamides is 1. The Morgan fingerprint density at radius 3 is 2.33 bits per heavy atom. The summed E-state index contributed by atoms with van der Waals surface area (Å²) in [6.45, 7) is 0. The molecular formula is C13H13N3O4S. The molecule has 0 amide bonds. The molecule has 2 rings (SSSR count). The molecule has 8 heteroatoms. The molecule has 0 spiro atoms. The van der Waals surface area contributed by atoms with Crippen molar-refractivity contribution in [2.24, 2.45) is 0 Å². The van der Waals surface area contributed by atoms with E-state index in [0.717, 1.165) is 10.4 Å². The van der Waals surface area contributed by atoms with Crippen molar-refractivity contribution in [2.45, 2.75) is 4.90 Å². The molecule has 0 fully saturated rings. The van der Waals surface area contributed by atoms with E-state index in [1.807, 2.05) is 0 Å². The lowest BCUT2D eigenvalue weighted by atomic mass is 10.3. The SMILES string of the molecule is CN(c1ccccc1)S(=O)(=O)c1ccc(N)c([N+](=O)[O-])c1. The average molecular weight is 307 g/mol. The largest absolute Gasteiger partial charge is 0.393 e. The Bertz CT molecular complexity index is 775. The van der Waals surface area contributed by atoms with Crippen LogP contribution in [0.3, 0.4) is 0 Å². The molecule has 0 aliphatic carbocycles. The number of nitrogens with zero attached hydrogens (tertiary/aromatic N) is 2. The number of rotatable bonds is 4. The third-order valence-corrected chi connectivity index (χ3v) is 4.76. The van der Waals surface area contributed by atoms with E-state index in [1.54, 1.807) is 30.3 Å². The lowest BCUT2D eigenvalue weighted by molar-refractivity contribution is -0.384. The highest BCUT2D eigenvalue weighted by Crippen LogP contribution is 2.28.